The molecule has 70 valence electrons. The fourth-order valence-corrected chi connectivity index (χ4v) is 0.847. The summed E-state index contributed by atoms with van der Waals surface area (Å²) in [4.78, 5) is 10.7. The molecule has 0 spiro atoms. The zero-order valence-electron chi connectivity index (χ0n) is 7.41. The Balaban J connectivity index is 2.46. The Morgan fingerprint density at radius 2 is 2.08 bits per heavy atom. The molecule has 0 fully saturated rings. The first-order chi connectivity index (χ1) is 6.22. The molecule has 3 N–H and O–H groups in total. The molecule has 1 aromatic rings. The van der Waals surface area contributed by atoms with Crippen molar-refractivity contribution in [3.05, 3.63) is 24.3 Å². The summed E-state index contributed by atoms with van der Waals surface area (Å²) in [6, 6.07) is 7.13. The molecular formula is C9H12N2O2. The van der Waals surface area contributed by atoms with E-state index in [1.54, 1.807) is 24.3 Å². The van der Waals surface area contributed by atoms with Crippen LogP contribution in [0.25, 0.3) is 0 Å². The van der Waals surface area contributed by atoms with Crippen molar-refractivity contribution in [2.45, 2.75) is 0 Å². The van der Waals surface area contributed by atoms with E-state index in [1.165, 1.54) is 7.11 Å². The molecule has 0 saturated carbocycles. The van der Waals surface area contributed by atoms with Gasteiger partial charge in [-0.15, -0.1) is 0 Å². The molecule has 0 aliphatic carbocycles. The molecule has 0 radical (unpaired) electrons. The summed E-state index contributed by atoms with van der Waals surface area (Å²) in [6.07, 6.45) is 0. The molecule has 1 aromatic carbocycles. The lowest BCUT2D eigenvalue weighted by molar-refractivity contribution is -0.138. The zero-order valence-corrected chi connectivity index (χ0v) is 7.41. The van der Waals surface area contributed by atoms with Gasteiger partial charge in [-0.05, 0) is 24.3 Å². The van der Waals surface area contributed by atoms with Gasteiger partial charge in [0.1, 0.15) is 6.54 Å². The normalized spacial score (nSPS) is 9.31. The van der Waals surface area contributed by atoms with Crippen molar-refractivity contribution in [1.82, 2.24) is 0 Å². The second-order valence-electron chi connectivity index (χ2n) is 2.55. The van der Waals surface area contributed by atoms with Crippen LogP contribution in [-0.4, -0.2) is 19.6 Å². The number of nitrogen functional groups attached to an aromatic ring is 1. The molecule has 1 rings (SSSR count). The lowest BCUT2D eigenvalue weighted by Gasteiger charge is -2.04. The number of benzene rings is 1. The number of nitrogens with two attached hydrogens (primary N) is 1. The molecule has 0 amide bonds. The minimum Gasteiger partial charge on any atom is -0.468 e. The van der Waals surface area contributed by atoms with Gasteiger partial charge in [0, 0.05) is 11.4 Å². The predicted molar refractivity (Wildman–Crippen MR) is 51.4 cm³/mol. The molecule has 0 saturated heterocycles. The molecule has 0 heterocycles. The van der Waals surface area contributed by atoms with E-state index in [0.717, 1.165) is 5.69 Å². The van der Waals surface area contributed by atoms with Crippen molar-refractivity contribution in [2.75, 3.05) is 24.7 Å². The van der Waals surface area contributed by atoms with E-state index in [0.29, 0.717) is 5.69 Å². The summed E-state index contributed by atoms with van der Waals surface area (Å²) in [6.45, 7) is 0.167. The lowest BCUT2D eigenvalue weighted by Crippen LogP contribution is -2.14. The topological polar surface area (TPSA) is 64.3 Å². The van der Waals surface area contributed by atoms with Gasteiger partial charge in [-0.2, -0.15) is 0 Å². The number of ether oxygens (including phenoxy) is 1. The van der Waals surface area contributed by atoms with Crippen molar-refractivity contribution in [1.29, 1.82) is 0 Å². The molecule has 0 unspecified atom stereocenters. The Bertz CT molecular complexity index is 282. The van der Waals surface area contributed by atoms with Crippen LogP contribution in [0.15, 0.2) is 24.3 Å². The van der Waals surface area contributed by atoms with Gasteiger partial charge in [-0.25, -0.2) is 0 Å². The monoisotopic (exact) mass is 180 g/mol. The highest BCUT2D eigenvalue weighted by Gasteiger charge is 1.98. The fourth-order valence-electron chi connectivity index (χ4n) is 0.847. The van der Waals surface area contributed by atoms with Gasteiger partial charge in [0.25, 0.3) is 0 Å². The highest BCUT2D eigenvalue weighted by molar-refractivity contribution is 5.74. The highest BCUT2D eigenvalue weighted by atomic mass is 16.5. The van der Waals surface area contributed by atoms with Crippen LogP contribution < -0.4 is 11.1 Å². The van der Waals surface area contributed by atoms with Gasteiger partial charge in [0.2, 0.25) is 0 Å². The molecule has 4 nitrogen and oxygen atoms in total. The van der Waals surface area contributed by atoms with E-state index in [2.05, 4.69) is 10.1 Å². The highest BCUT2D eigenvalue weighted by Crippen LogP contribution is 2.09. The zero-order chi connectivity index (χ0) is 9.68. The Hall–Kier alpha value is -1.71. The molecule has 0 aliphatic heterocycles. The predicted octanol–water partition coefficient (Wildman–Crippen LogP) is 0.854. The summed E-state index contributed by atoms with van der Waals surface area (Å²) >= 11 is 0. The van der Waals surface area contributed by atoms with Crippen LogP contribution >= 0.6 is 0 Å². The average molecular weight is 180 g/mol. The van der Waals surface area contributed by atoms with Gasteiger partial charge in [-0.3, -0.25) is 4.79 Å². The van der Waals surface area contributed by atoms with E-state index < -0.39 is 0 Å². The third-order valence-electron chi connectivity index (χ3n) is 1.58. The number of nitrogens with one attached hydrogen (secondary N) is 1. The van der Waals surface area contributed by atoms with E-state index in [4.69, 9.17) is 5.73 Å². The summed E-state index contributed by atoms with van der Waals surface area (Å²) in [5, 5.41) is 2.89. The standard InChI is InChI=1S/C9H12N2O2/c1-13-9(12)6-11-8-4-2-7(10)3-5-8/h2-5,11H,6,10H2,1H3. The van der Waals surface area contributed by atoms with Crippen molar-refractivity contribution < 1.29 is 9.53 Å². The van der Waals surface area contributed by atoms with Crippen LogP contribution in [0.1, 0.15) is 0 Å². The summed E-state index contributed by atoms with van der Waals surface area (Å²) in [7, 11) is 1.35. The van der Waals surface area contributed by atoms with Gasteiger partial charge in [0.05, 0.1) is 7.11 Å². The summed E-state index contributed by atoms with van der Waals surface area (Å²) in [5.74, 6) is -0.295. The first-order valence-corrected chi connectivity index (χ1v) is 3.88. The Kier molecular flexibility index (Phi) is 3.14. The molecule has 4 heteroatoms. The number of carbonyl (C=O) groups is 1. The minimum atomic E-state index is -0.295. The summed E-state index contributed by atoms with van der Waals surface area (Å²) in [5.41, 5.74) is 7.03. The van der Waals surface area contributed by atoms with Crippen LogP contribution in [0.5, 0.6) is 0 Å². The first kappa shape index (κ1) is 9.38. The molecule has 0 bridgehead atoms. The quantitative estimate of drug-likeness (QED) is 0.534. The largest absolute Gasteiger partial charge is 0.468 e. The Morgan fingerprint density at radius 1 is 1.46 bits per heavy atom. The average Bonchev–Trinajstić information content (AvgIpc) is 2.16. The first-order valence-electron chi connectivity index (χ1n) is 3.88. The van der Waals surface area contributed by atoms with E-state index in [-0.39, 0.29) is 12.5 Å². The molecule has 0 aliphatic rings. The number of anilines is 2. The van der Waals surface area contributed by atoms with Crippen molar-refractivity contribution in [3.8, 4) is 0 Å². The van der Waals surface area contributed by atoms with Crippen molar-refractivity contribution in [3.63, 3.8) is 0 Å². The number of hydrogen-bond acceptors (Lipinski definition) is 4. The van der Waals surface area contributed by atoms with E-state index in [1.807, 2.05) is 0 Å². The Morgan fingerprint density at radius 3 is 2.62 bits per heavy atom. The maximum absolute atomic E-state index is 10.7. The molecule has 0 aromatic heterocycles. The maximum atomic E-state index is 10.7. The third kappa shape index (κ3) is 3.02. The van der Waals surface area contributed by atoms with Crippen molar-refractivity contribution in [2.24, 2.45) is 0 Å². The number of rotatable bonds is 3. The fraction of sp³-hybridized carbons (Fsp3) is 0.222. The van der Waals surface area contributed by atoms with Crippen molar-refractivity contribution >= 4 is 17.3 Å². The smallest absolute Gasteiger partial charge is 0.325 e. The Labute approximate surface area is 76.7 Å². The number of methoxy groups -OCH3 is 1. The van der Waals surface area contributed by atoms with Crippen LogP contribution in [-0.2, 0) is 9.53 Å². The second-order valence-corrected chi connectivity index (χ2v) is 2.55. The second kappa shape index (κ2) is 4.35. The van der Waals surface area contributed by atoms with E-state index in [9.17, 15) is 4.79 Å². The number of esters is 1. The molecule has 13 heavy (non-hydrogen) atoms. The number of hydrogen-bond donors (Lipinski definition) is 2. The molecular weight excluding hydrogens is 168 g/mol. The van der Waals surface area contributed by atoms with Gasteiger partial charge >= 0.3 is 5.97 Å². The SMILES string of the molecule is COC(=O)CNc1ccc(N)cc1. The number of carbonyl (C=O) groups excluding carboxylic acids is 1. The van der Waals surface area contributed by atoms with Gasteiger partial charge in [0.15, 0.2) is 0 Å². The van der Waals surface area contributed by atoms with Crippen LogP contribution in [0.3, 0.4) is 0 Å². The third-order valence-corrected chi connectivity index (χ3v) is 1.58. The minimum absolute atomic E-state index is 0.167. The van der Waals surface area contributed by atoms with Gasteiger partial charge < -0.3 is 15.8 Å². The lowest BCUT2D eigenvalue weighted by atomic mass is 10.3. The summed E-state index contributed by atoms with van der Waals surface area (Å²) < 4.78 is 4.47. The van der Waals surface area contributed by atoms with Crippen LogP contribution in [0.4, 0.5) is 11.4 Å². The van der Waals surface area contributed by atoms with Gasteiger partial charge in [-0.1, -0.05) is 0 Å². The maximum Gasteiger partial charge on any atom is 0.325 e. The van der Waals surface area contributed by atoms with E-state index >= 15 is 0 Å². The van der Waals surface area contributed by atoms with Crippen LogP contribution in [0, 0.1) is 0 Å². The molecule has 0 atom stereocenters. The van der Waals surface area contributed by atoms with Crippen LogP contribution in [0.2, 0.25) is 0 Å².